The highest BCUT2D eigenvalue weighted by Crippen LogP contribution is 2.18. The number of nitrogens with one attached hydrogen (secondary N) is 1. The van der Waals surface area contributed by atoms with Gasteiger partial charge in [-0.15, -0.1) is 0 Å². The summed E-state index contributed by atoms with van der Waals surface area (Å²) in [4.78, 5) is 11.9. The second-order valence-corrected chi connectivity index (χ2v) is 5.18. The lowest BCUT2D eigenvalue weighted by Crippen LogP contribution is -2.32. The van der Waals surface area contributed by atoms with Crippen LogP contribution in [-0.4, -0.2) is 19.6 Å². The van der Waals surface area contributed by atoms with Crippen LogP contribution in [0.4, 0.5) is 0 Å². The number of hydrogen-bond acceptors (Lipinski definition) is 3. The molecule has 1 rings (SSSR count). The lowest BCUT2D eigenvalue weighted by Gasteiger charge is -2.19. The van der Waals surface area contributed by atoms with Gasteiger partial charge in [-0.2, -0.15) is 0 Å². The van der Waals surface area contributed by atoms with Gasteiger partial charge in [-0.1, -0.05) is 43.2 Å². The van der Waals surface area contributed by atoms with Crippen LogP contribution in [0.5, 0.6) is 0 Å². The molecule has 0 bridgehead atoms. The molecule has 0 amide bonds. The zero-order valence-electron chi connectivity index (χ0n) is 11.9. The van der Waals surface area contributed by atoms with E-state index in [1.807, 2.05) is 26.0 Å². The van der Waals surface area contributed by atoms with Crippen LogP contribution in [0.25, 0.3) is 0 Å². The van der Waals surface area contributed by atoms with Crippen molar-refractivity contribution in [3.05, 3.63) is 34.9 Å². The second kappa shape index (κ2) is 6.55. The molecule has 0 heterocycles. The normalized spacial score (nSPS) is 12.6. The molecule has 1 aromatic carbocycles. The number of methoxy groups -OCH3 is 1. The fourth-order valence-electron chi connectivity index (χ4n) is 1.99. The highest BCUT2D eigenvalue weighted by Gasteiger charge is 2.21. The Hall–Kier alpha value is -1.35. The molecule has 0 radical (unpaired) electrons. The van der Waals surface area contributed by atoms with Crippen molar-refractivity contribution < 1.29 is 9.53 Å². The topological polar surface area (TPSA) is 38.3 Å². The zero-order chi connectivity index (χ0) is 13.7. The maximum absolute atomic E-state index is 11.9. The van der Waals surface area contributed by atoms with E-state index in [1.54, 1.807) is 0 Å². The first-order valence-electron chi connectivity index (χ1n) is 6.33. The van der Waals surface area contributed by atoms with Crippen LogP contribution < -0.4 is 5.32 Å². The minimum atomic E-state index is -0.379. The lowest BCUT2D eigenvalue weighted by atomic mass is 10.0. The largest absolute Gasteiger partial charge is 0.468 e. The van der Waals surface area contributed by atoms with Gasteiger partial charge in [0.05, 0.1) is 7.11 Å². The molecule has 0 fully saturated rings. The van der Waals surface area contributed by atoms with Gasteiger partial charge in [0.2, 0.25) is 0 Å². The van der Waals surface area contributed by atoms with Crippen molar-refractivity contribution in [1.29, 1.82) is 0 Å². The summed E-state index contributed by atoms with van der Waals surface area (Å²) in [6, 6.07) is 5.78. The van der Waals surface area contributed by atoms with Gasteiger partial charge in [-0.3, -0.25) is 0 Å². The molecule has 0 aliphatic heterocycles. The zero-order valence-corrected chi connectivity index (χ0v) is 11.9. The van der Waals surface area contributed by atoms with Gasteiger partial charge in [-0.25, -0.2) is 4.79 Å². The van der Waals surface area contributed by atoms with Crippen molar-refractivity contribution in [2.45, 2.75) is 33.7 Å². The van der Waals surface area contributed by atoms with E-state index in [2.05, 4.69) is 25.2 Å². The van der Waals surface area contributed by atoms with Gasteiger partial charge in [-0.05, 0) is 31.9 Å². The Balaban J connectivity index is 2.97. The Kier molecular flexibility index (Phi) is 5.35. The van der Waals surface area contributed by atoms with Crippen molar-refractivity contribution in [3.8, 4) is 0 Å². The van der Waals surface area contributed by atoms with E-state index in [1.165, 1.54) is 7.11 Å². The SMILES string of the molecule is COC(=O)C(NCC(C)C)c1cc(C)cc(C)c1. The molecule has 0 spiro atoms. The second-order valence-electron chi connectivity index (χ2n) is 5.18. The maximum atomic E-state index is 11.9. The Morgan fingerprint density at radius 3 is 2.22 bits per heavy atom. The number of hydrogen-bond donors (Lipinski definition) is 1. The number of aryl methyl sites for hydroxylation is 2. The van der Waals surface area contributed by atoms with Crippen molar-refractivity contribution in [1.82, 2.24) is 5.32 Å². The van der Waals surface area contributed by atoms with Crippen LogP contribution in [-0.2, 0) is 9.53 Å². The van der Waals surface area contributed by atoms with E-state index in [9.17, 15) is 4.79 Å². The van der Waals surface area contributed by atoms with Crippen molar-refractivity contribution in [2.24, 2.45) is 5.92 Å². The summed E-state index contributed by atoms with van der Waals surface area (Å²) in [5.74, 6) is 0.253. The fourth-order valence-corrected chi connectivity index (χ4v) is 1.99. The molecule has 1 N–H and O–H groups in total. The Bertz CT molecular complexity index is 393. The smallest absolute Gasteiger partial charge is 0.327 e. The molecule has 18 heavy (non-hydrogen) atoms. The van der Waals surface area contributed by atoms with Crippen LogP contribution in [0.2, 0.25) is 0 Å². The number of carbonyl (C=O) groups is 1. The highest BCUT2D eigenvalue weighted by atomic mass is 16.5. The van der Waals surface area contributed by atoms with E-state index in [-0.39, 0.29) is 12.0 Å². The molecular formula is C15H23NO2. The Morgan fingerprint density at radius 2 is 1.78 bits per heavy atom. The minimum Gasteiger partial charge on any atom is -0.468 e. The minimum absolute atomic E-state index is 0.236. The molecule has 0 aromatic heterocycles. The summed E-state index contributed by atoms with van der Waals surface area (Å²) in [6.45, 7) is 9.08. The van der Waals surface area contributed by atoms with Gasteiger partial charge in [0.1, 0.15) is 6.04 Å². The third-order valence-electron chi connectivity index (χ3n) is 2.74. The average Bonchev–Trinajstić information content (AvgIpc) is 2.27. The van der Waals surface area contributed by atoms with Crippen molar-refractivity contribution in [3.63, 3.8) is 0 Å². The van der Waals surface area contributed by atoms with E-state index in [0.717, 1.165) is 23.2 Å². The number of ether oxygens (including phenoxy) is 1. The van der Waals surface area contributed by atoms with Crippen LogP contribution in [0.3, 0.4) is 0 Å². The summed E-state index contributed by atoms with van der Waals surface area (Å²) in [6.07, 6.45) is 0. The first kappa shape index (κ1) is 14.7. The predicted molar refractivity (Wildman–Crippen MR) is 73.5 cm³/mol. The van der Waals surface area contributed by atoms with Gasteiger partial charge >= 0.3 is 5.97 Å². The molecule has 3 heteroatoms. The maximum Gasteiger partial charge on any atom is 0.327 e. The molecule has 0 saturated heterocycles. The molecule has 0 aliphatic rings. The molecule has 100 valence electrons. The number of rotatable bonds is 5. The molecule has 1 unspecified atom stereocenters. The van der Waals surface area contributed by atoms with Crippen LogP contribution >= 0.6 is 0 Å². The molecule has 0 aliphatic carbocycles. The number of esters is 1. The first-order valence-corrected chi connectivity index (χ1v) is 6.33. The summed E-state index contributed by atoms with van der Waals surface area (Å²) < 4.78 is 4.88. The van der Waals surface area contributed by atoms with E-state index >= 15 is 0 Å². The van der Waals surface area contributed by atoms with Crippen LogP contribution in [0.1, 0.15) is 36.6 Å². The highest BCUT2D eigenvalue weighted by molar-refractivity contribution is 5.77. The molecule has 1 atom stereocenters. The summed E-state index contributed by atoms with van der Waals surface area (Å²) in [5, 5.41) is 3.27. The quantitative estimate of drug-likeness (QED) is 0.815. The van der Waals surface area contributed by atoms with Crippen molar-refractivity contribution in [2.75, 3.05) is 13.7 Å². The first-order chi connectivity index (χ1) is 8.43. The van der Waals surface area contributed by atoms with E-state index in [4.69, 9.17) is 4.74 Å². The van der Waals surface area contributed by atoms with Crippen LogP contribution in [0.15, 0.2) is 18.2 Å². The average molecular weight is 249 g/mol. The van der Waals surface area contributed by atoms with Gasteiger partial charge < -0.3 is 10.1 Å². The Morgan fingerprint density at radius 1 is 1.22 bits per heavy atom. The van der Waals surface area contributed by atoms with Crippen LogP contribution in [0, 0.1) is 19.8 Å². The fraction of sp³-hybridized carbons (Fsp3) is 0.533. The molecule has 1 aromatic rings. The Labute approximate surface area is 110 Å². The van der Waals surface area contributed by atoms with Gasteiger partial charge in [0, 0.05) is 0 Å². The lowest BCUT2D eigenvalue weighted by molar-refractivity contribution is -0.143. The van der Waals surface area contributed by atoms with E-state index < -0.39 is 0 Å². The van der Waals surface area contributed by atoms with Gasteiger partial charge in [0.25, 0.3) is 0 Å². The summed E-state index contributed by atoms with van der Waals surface area (Å²) in [5.41, 5.74) is 3.29. The van der Waals surface area contributed by atoms with Gasteiger partial charge in [0.15, 0.2) is 0 Å². The third-order valence-corrected chi connectivity index (χ3v) is 2.74. The number of carbonyl (C=O) groups excluding carboxylic acids is 1. The monoisotopic (exact) mass is 249 g/mol. The van der Waals surface area contributed by atoms with E-state index in [0.29, 0.717) is 5.92 Å². The summed E-state index contributed by atoms with van der Waals surface area (Å²) >= 11 is 0. The third kappa shape index (κ3) is 4.15. The molecular weight excluding hydrogens is 226 g/mol. The van der Waals surface area contributed by atoms with Crippen molar-refractivity contribution >= 4 is 5.97 Å². The summed E-state index contributed by atoms with van der Waals surface area (Å²) in [7, 11) is 1.43. The molecule has 0 saturated carbocycles. The predicted octanol–water partition coefficient (Wildman–Crippen LogP) is 2.76. The molecule has 3 nitrogen and oxygen atoms in total. The number of benzene rings is 1. The standard InChI is InChI=1S/C15H23NO2/c1-10(2)9-16-14(15(17)18-5)13-7-11(3)6-12(4)8-13/h6-8,10,14,16H,9H2,1-5H3.